The first-order valence-electron chi connectivity index (χ1n) is 10.8. The van der Waals surface area contributed by atoms with Crippen molar-refractivity contribution in [2.24, 2.45) is 0 Å². The summed E-state index contributed by atoms with van der Waals surface area (Å²) >= 11 is 0. The molecule has 0 saturated heterocycles. The average molecular weight is 677 g/mol. The van der Waals surface area contributed by atoms with E-state index < -0.39 is 5.91 Å². The van der Waals surface area contributed by atoms with Gasteiger partial charge < -0.3 is 35.3 Å². The summed E-state index contributed by atoms with van der Waals surface area (Å²) in [5, 5.41) is 5.39. The van der Waals surface area contributed by atoms with Gasteiger partial charge in [0, 0.05) is 15.1 Å². The molecule has 0 atom stereocenters. The molecule has 6 heteroatoms. The topological polar surface area (TPSA) is 40.9 Å². The van der Waals surface area contributed by atoms with E-state index >= 15 is 0 Å². The second kappa shape index (κ2) is 17.2. The van der Waals surface area contributed by atoms with E-state index in [-0.39, 0.29) is 62.5 Å². The quantitative estimate of drug-likeness (QED) is 0.243. The Kier molecular flexibility index (Phi) is 17.6. The van der Waals surface area contributed by atoms with Crippen molar-refractivity contribution in [3.05, 3.63) is 95.2 Å². The van der Waals surface area contributed by atoms with Gasteiger partial charge in [-0.3, -0.25) is 0 Å². The summed E-state index contributed by atoms with van der Waals surface area (Å²) in [5.41, 5.74) is 9.92. The molecule has 0 bridgehead atoms. The predicted molar refractivity (Wildman–Crippen MR) is 138 cm³/mol. The van der Waals surface area contributed by atoms with Gasteiger partial charge in [-0.25, -0.2) is 0 Å². The smallest absolute Gasteiger partial charge is 1.00 e. The van der Waals surface area contributed by atoms with Gasteiger partial charge in [0.05, 0.1) is 5.91 Å². The standard InChI is InChI=1S/C13H19NO.C13H9.C2H6Si.2ClH.Hf/c1-8(2)10-6-5-7-11(9(3)4)12(10)13(14)15;1-3-7-12-10(5-1)9-11-6-2-4-8-13(11)12;1-3-2;;;/h5-9H,1-4H3,(H2,14,15);1-9H;1-2H3;2*1H;/q;-1;;;;+4/p-3. The molecule has 4 aromatic carbocycles. The van der Waals surface area contributed by atoms with E-state index in [9.17, 15) is 4.79 Å². The molecule has 4 aromatic rings. The van der Waals surface area contributed by atoms with Gasteiger partial charge in [0.2, 0.25) is 0 Å². The van der Waals surface area contributed by atoms with Crippen molar-refractivity contribution in [3.63, 3.8) is 0 Å². The zero-order valence-corrected chi connectivity index (χ0v) is 26.9. The number of nitrogens with one attached hydrogen (secondary N) is 1. The molecule has 0 saturated carbocycles. The van der Waals surface area contributed by atoms with Crippen LogP contribution >= 0.6 is 0 Å². The van der Waals surface area contributed by atoms with Crippen molar-refractivity contribution < 1.29 is 55.5 Å². The zero-order valence-electron chi connectivity index (χ0n) is 20.7. The molecule has 0 aliphatic rings. The van der Waals surface area contributed by atoms with E-state index in [1.807, 2.05) is 45.9 Å². The number of hydrogen-bond acceptors (Lipinski definition) is 1. The van der Waals surface area contributed by atoms with Gasteiger partial charge >= 0.3 is 25.8 Å². The molecule has 0 aliphatic carbocycles. The number of benzene rings is 3. The Morgan fingerprint density at radius 1 is 0.735 bits per heavy atom. The Morgan fingerprint density at radius 2 is 1.09 bits per heavy atom. The largest absolute Gasteiger partial charge is 4.00 e. The Hall–Kier alpha value is -1.33. The Morgan fingerprint density at radius 3 is 1.41 bits per heavy atom. The minimum Gasteiger partial charge on any atom is -1.00 e. The summed E-state index contributed by atoms with van der Waals surface area (Å²) in [5.74, 6) is 0.00370. The molecule has 1 N–H and O–H groups in total. The first kappa shape index (κ1) is 34.8. The van der Waals surface area contributed by atoms with Gasteiger partial charge in [-0.05, 0) is 23.0 Å². The maximum Gasteiger partial charge on any atom is 4.00 e. The van der Waals surface area contributed by atoms with Crippen LogP contribution in [0.1, 0.15) is 61.0 Å². The second-order valence-electron chi connectivity index (χ2n) is 8.27. The Bertz CT molecular complexity index is 1070. The van der Waals surface area contributed by atoms with E-state index in [1.165, 1.54) is 21.5 Å². The van der Waals surface area contributed by atoms with Gasteiger partial charge in [-0.2, -0.15) is 0 Å². The average Bonchev–Trinajstić information content (AvgIpc) is 3.13. The summed E-state index contributed by atoms with van der Waals surface area (Å²) in [6.07, 6.45) is 0. The maximum atomic E-state index is 11.4. The third kappa shape index (κ3) is 9.03. The molecule has 0 heterocycles. The summed E-state index contributed by atoms with van der Waals surface area (Å²) in [6.45, 7) is 12.5. The van der Waals surface area contributed by atoms with Crippen molar-refractivity contribution in [1.29, 1.82) is 0 Å². The maximum absolute atomic E-state index is 11.4. The van der Waals surface area contributed by atoms with E-state index in [2.05, 4.69) is 67.7 Å². The fraction of sp³-hybridized carbons (Fsp3) is 0.286. The fourth-order valence-corrected chi connectivity index (χ4v) is 3.72. The fourth-order valence-electron chi connectivity index (χ4n) is 3.72. The van der Waals surface area contributed by atoms with Gasteiger partial charge in [0.1, 0.15) is 0 Å². The van der Waals surface area contributed by atoms with Crippen LogP contribution in [0.5, 0.6) is 0 Å². The predicted octanol–water partition coefficient (Wildman–Crippen LogP) is 2.63. The van der Waals surface area contributed by atoms with E-state index in [0.717, 1.165) is 20.6 Å². The molecule has 2 radical (unpaired) electrons. The summed E-state index contributed by atoms with van der Waals surface area (Å²) < 4.78 is 0. The summed E-state index contributed by atoms with van der Waals surface area (Å²) in [7, 11) is 1.08. The summed E-state index contributed by atoms with van der Waals surface area (Å²) in [6, 6.07) is 25.1. The monoisotopic (exact) mass is 677 g/mol. The Balaban J connectivity index is 0. The number of fused-ring (bicyclic) bond motifs is 3. The number of hydrogen-bond donors (Lipinski definition) is 0. The third-order valence-electron chi connectivity index (χ3n) is 5.12. The van der Waals surface area contributed by atoms with Gasteiger partial charge in [-0.1, -0.05) is 95.4 Å². The molecule has 0 aliphatic heterocycles. The van der Waals surface area contributed by atoms with Crippen LogP contribution in [-0.4, -0.2) is 15.4 Å². The first-order valence-corrected chi connectivity index (χ1v) is 12.8. The van der Waals surface area contributed by atoms with Gasteiger partial charge in [0.25, 0.3) is 0 Å². The van der Waals surface area contributed by atoms with Crippen LogP contribution in [0.25, 0.3) is 27.3 Å². The van der Waals surface area contributed by atoms with Crippen LogP contribution in [0.15, 0.2) is 72.8 Å². The first-order chi connectivity index (χ1) is 14.8. The van der Waals surface area contributed by atoms with Crippen molar-refractivity contribution in [1.82, 2.24) is 0 Å². The number of halogens is 2. The third-order valence-corrected chi connectivity index (χ3v) is 5.12. The number of carbonyl (C=O) groups excluding carboxylic acids is 1. The van der Waals surface area contributed by atoms with E-state index in [1.54, 1.807) is 0 Å². The molecular weight excluding hydrogens is 644 g/mol. The normalized spacial score (nSPS) is 9.65. The van der Waals surface area contributed by atoms with Crippen LogP contribution in [0.2, 0.25) is 13.1 Å². The molecule has 34 heavy (non-hydrogen) atoms. The zero-order chi connectivity index (χ0) is 23.0. The number of amides is 1. The SMILES string of the molecule is CC(C)c1cccc(C(C)C)c1C([NH-])=O.C[Si]C.[Cl-].[Cl-].[Hf+4].c1ccc2c(c1)[cH-]c1ccccc12. The van der Waals surface area contributed by atoms with Crippen LogP contribution < -0.4 is 24.8 Å². The van der Waals surface area contributed by atoms with Gasteiger partial charge in [-0.15, -0.1) is 39.7 Å². The van der Waals surface area contributed by atoms with Gasteiger partial charge in [0.15, 0.2) is 0 Å². The molecule has 1 amide bonds. The Labute approximate surface area is 238 Å². The molecule has 0 spiro atoms. The van der Waals surface area contributed by atoms with Crippen molar-refractivity contribution in [2.45, 2.75) is 52.6 Å². The van der Waals surface area contributed by atoms with Crippen LogP contribution in [0.4, 0.5) is 0 Å². The summed E-state index contributed by atoms with van der Waals surface area (Å²) in [4.78, 5) is 11.4. The molecule has 0 aromatic heterocycles. The minimum absolute atomic E-state index is 0. The minimum atomic E-state index is -0.567. The van der Waals surface area contributed by atoms with Crippen molar-refractivity contribution in [2.75, 3.05) is 0 Å². The van der Waals surface area contributed by atoms with Crippen molar-refractivity contribution in [3.8, 4) is 0 Å². The second-order valence-corrected chi connectivity index (χ2v) is 9.27. The van der Waals surface area contributed by atoms with E-state index in [0.29, 0.717) is 5.56 Å². The van der Waals surface area contributed by atoms with Crippen LogP contribution in [0.3, 0.4) is 0 Å². The van der Waals surface area contributed by atoms with E-state index in [4.69, 9.17) is 5.73 Å². The van der Waals surface area contributed by atoms with Crippen LogP contribution in [0, 0.1) is 0 Å². The molecule has 4 rings (SSSR count). The molecule has 0 unspecified atom stereocenters. The molecule has 178 valence electrons. The number of carbonyl (C=O) groups is 1. The molecule has 2 nitrogen and oxygen atoms in total. The number of rotatable bonds is 3. The molecular formula is C28H33Cl2HfNOSi. The molecule has 0 fully saturated rings. The van der Waals surface area contributed by atoms with Crippen molar-refractivity contribution >= 4 is 37.0 Å². The van der Waals surface area contributed by atoms with Crippen LogP contribution in [-0.2, 0) is 25.8 Å².